The molecule has 0 fully saturated rings. The Hall–Kier alpha value is 1.12. The summed E-state index contributed by atoms with van der Waals surface area (Å²) in [4.78, 5) is 0. The number of allylic oxidation sites excluding steroid dienone is 4. The van der Waals surface area contributed by atoms with Gasteiger partial charge in [0.15, 0.2) is 0 Å². The minimum atomic E-state index is 0. The van der Waals surface area contributed by atoms with Crippen LogP contribution in [0.4, 0.5) is 0 Å². The van der Waals surface area contributed by atoms with E-state index in [-0.39, 0.29) is 46.5 Å². The van der Waals surface area contributed by atoms with Crippen LogP contribution in [-0.4, -0.2) is 5.75 Å². The predicted molar refractivity (Wildman–Crippen MR) is 48.7 cm³/mol. The molecule has 0 heterocycles. The van der Waals surface area contributed by atoms with Crippen molar-refractivity contribution in [3.05, 3.63) is 24.3 Å². The maximum absolute atomic E-state index is 4.65. The quantitative estimate of drug-likeness (QED) is 0.288. The van der Waals surface area contributed by atoms with Gasteiger partial charge in [-0.05, 0) is 0 Å². The molecule has 0 saturated carbocycles. The van der Waals surface area contributed by atoms with E-state index in [1.807, 2.05) is 12.2 Å². The number of halogens is 2. The molecular formula is C9H14Cl2STi. The van der Waals surface area contributed by atoms with Gasteiger partial charge in [-0.2, -0.15) is 11.8 Å². The third kappa shape index (κ3) is 24.6. The standard InChI is InChI=1S/C5H5.C4H10S.2ClH.Ti/c1-2-4-5-3-1;1-2-3-4-5;;;/h1-3H,4H2;5H,2-4H2,1H3;2*1H;/q-1;;;;+4/p-3. The summed E-state index contributed by atoms with van der Waals surface area (Å²) in [6, 6.07) is 0. The van der Waals surface area contributed by atoms with E-state index in [1.165, 1.54) is 12.8 Å². The van der Waals surface area contributed by atoms with Crippen molar-refractivity contribution in [2.24, 2.45) is 0 Å². The van der Waals surface area contributed by atoms with Gasteiger partial charge < -0.3 is 37.4 Å². The molecule has 0 aromatic carbocycles. The van der Waals surface area contributed by atoms with Gasteiger partial charge in [0, 0.05) is 0 Å². The molecule has 0 atom stereocenters. The van der Waals surface area contributed by atoms with Crippen molar-refractivity contribution in [1.29, 1.82) is 0 Å². The average molecular weight is 273 g/mol. The summed E-state index contributed by atoms with van der Waals surface area (Å²) < 4.78 is 0. The van der Waals surface area contributed by atoms with Crippen LogP contribution in [0.3, 0.4) is 0 Å². The Morgan fingerprint density at radius 1 is 1.38 bits per heavy atom. The van der Waals surface area contributed by atoms with Crippen molar-refractivity contribution in [2.75, 3.05) is 5.75 Å². The molecule has 0 N–H and O–H groups in total. The van der Waals surface area contributed by atoms with Crippen molar-refractivity contribution in [3.63, 3.8) is 0 Å². The van der Waals surface area contributed by atoms with Crippen LogP contribution in [0.1, 0.15) is 26.2 Å². The molecule has 0 bridgehead atoms. The summed E-state index contributed by atoms with van der Waals surface area (Å²) in [6.07, 6.45) is 12.4. The summed E-state index contributed by atoms with van der Waals surface area (Å²) in [6.45, 7) is 2.15. The zero-order chi connectivity index (χ0) is 7.66. The third-order valence-corrected chi connectivity index (χ3v) is 1.37. The van der Waals surface area contributed by atoms with Crippen molar-refractivity contribution < 1.29 is 46.5 Å². The van der Waals surface area contributed by atoms with Crippen molar-refractivity contribution in [2.45, 2.75) is 26.2 Å². The van der Waals surface area contributed by atoms with Gasteiger partial charge in [0.25, 0.3) is 0 Å². The molecule has 0 spiro atoms. The van der Waals surface area contributed by atoms with Crippen LogP contribution in [-0.2, 0) is 34.3 Å². The van der Waals surface area contributed by atoms with Gasteiger partial charge in [-0.1, -0.05) is 19.8 Å². The predicted octanol–water partition coefficient (Wildman–Crippen LogP) is -3.36. The van der Waals surface area contributed by atoms with E-state index in [2.05, 4.69) is 31.7 Å². The smallest absolute Gasteiger partial charge is 1.00 e. The minimum absolute atomic E-state index is 0. The van der Waals surface area contributed by atoms with Gasteiger partial charge in [0.05, 0.1) is 0 Å². The summed E-state index contributed by atoms with van der Waals surface area (Å²) in [5.41, 5.74) is 0. The Morgan fingerprint density at radius 3 is 2.08 bits per heavy atom. The molecule has 0 aromatic heterocycles. The normalized spacial score (nSPS) is 10.0. The molecule has 0 unspecified atom stereocenters. The van der Waals surface area contributed by atoms with Crippen LogP contribution in [0, 0.1) is 6.08 Å². The first-order valence-corrected chi connectivity index (χ1v) is 4.29. The van der Waals surface area contributed by atoms with Gasteiger partial charge in [0.1, 0.15) is 0 Å². The fraction of sp³-hybridized carbons (Fsp3) is 0.556. The second kappa shape index (κ2) is 23.2. The molecule has 1 rings (SSSR count). The van der Waals surface area contributed by atoms with E-state index in [1.54, 1.807) is 0 Å². The van der Waals surface area contributed by atoms with E-state index >= 15 is 0 Å². The maximum Gasteiger partial charge on any atom is 4.00 e. The largest absolute Gasteiger partial charge is 4.00 e. The summed E-state index contributed by atoms with van der Waals surface area (Å²) in [5, 5.41) is 0. The molecule has 1 aliphatic carbocycles. The Bertz CT molecular complexity index is 104. The zero-order valence-corrected chi connectivity index (χ0v) is 11.6. The Balaban J connectivity index is -0.0000000506. The first-order chi connectivity index (χ1) is 4.91. The van der Waals surface area contributed by atoms with Crippen LogP contribution in [0.5, 0.6) is 0 Å². The molecule has 0 radical (unpaired) electrons. The molecule has 0 nitrogen and oxygen atoms in total. The van der Waals surface area contributed by atoms with Crippen molar-refractivity contribution in [3.8, 4) is 0 Å². The summed E-state index contributed by atoms with van der Waals surface area (Å²) in [7, 11) is 0. The van der Waals surface area contributed by atoms with Crippen LogP contribution in [0.15, 0.2) is 18.2 Å². The summed E-state index contributed by atoms with van der Waals surface area (Å²) >= 11 is 4.65. The number of unbranched alkanes of at least 4 members (excludes halogenated alkanes) is 1. The molecule has 0 amide bonds. The van der Waals surface area contributed by atoms with Crippen LogP contribution in [0.25, 0.3) is 0 Å². The molecule has 13 heavy (non-hydrogen) atoms. The monoisotopic (exact) mass is 272 g/mol. The van der Waals surface area contributed by atoms with Gasteiger partial charge in [-0.3, -0.25) is 6.08 Å². The van der Waals surface area contributed by atoms with Gasteiger partial charge in [-0.15, -0.1) is 6.42 Å². The molecule has 0 aliphatic heterocycles. The Kier molecular flexibility index (Phi) is 42.3. The van der Waals surface area contributed by atoms with Gasteiger partial charge in [-0.25, -0.2) is 12.2 Å². The van der Waals surface area contributed by atoms with Crippen LogP contribution < -0.4 is 24.8 Å². The van der Waals surface area contributed by atoms with Crippen molar-refractivity contribution in [1.82, 2.24) is 0 Å². The SMILES string of the molecule is CCCC[S-].[C-]1=CC=CC1.[Cl-].[Cl-].[Ti+4]. The van der Waals surface area contributed by atoms with E-state index in [0.717, 1.165) is 12.2 Å². The second-order valence-electron chi connectivity index (χ2n) is 2.06. The van der Waals surface area contributed by atoms with E-state index in [0.29, 0.717) is 0 Å². The van der Waals surface area contributed by atoms with E-state index in [4.69, 9.17) is 0 Å². The van der Waals surface area contributed by atoms with E-state index in [9.17, 15) is 0 Å². The minimum Gasteiger partial charge on any atom is -1.00 e. The third-order valence-electron chi connectivity index (χ3n) is 1.08. The fourth-order valence-corrected chi connectivity index (χ4v) is 0.773. The van der Waals surface area contributed by atoms with Gasteiger partial charge >= 0.3 is 21.7 Å². The van der Waals surface area contributed by atoms with E-state index < -0.39 is 0 Å². The molecule has 1 aliphatic rings. The molecule has 0 saturated heterocycles. The molecule has 4 heteroatoms. The zero-order valence-electron chi connectivity index (χ0n) is 7.72. The second-order valence-corrected chi connectivity index (χ2v) is 2.47. The molecule has 0 aromatic rings. The van der Waals surface area contributed by atoms with Gasteiger partial charge in [0.2, 0.25) is 0 Å². The fourth-order valence-electron chi connectivity index (χ4n) is 0.485. The Morgan fingerprint density at radius 2 is 2.00 bits per heavy atom. The number of hydrogen-bond donors (Lipinski definition) is 0. The Labute approximate surface area is 115 Å². The van der Waals surface area contributed by atoms with Crippen LogP contribution >= 0.6 is 0 Å². The number of rotatable bonds is 2. The molecule has 74 valence electrons. The van der Waals surface area contributed by atoms with Crippen molar-refractivity contribution >= 4 is 12.6 Å². The van der Waals surface area contributed by atoms with Crippen LogP contribution in [0.2, 0.25) is 0 Å². The summed E-state index contributed by atoms with van der Waals surface area (Å²) in [5.74, 6) is 0.927. The number of hydrogen-bond acceptors (Lipinski definition) is 1. The maximum atomic E-state index is 4.65. The average Bonchev–Trinajstić information content (AvgIpc) is 2.44. The topological polar surface area (TPSA) is 0 Å². The first-order valence-electron chi connectivity index (χ1n) is 3.71. The molecular weight excluding hydrogens is 259 g/mol. The first kappa shape index (κ1) is 23.7.